The number of nitrogens with zero attached hydrogens (tertiary/aromatic N) is 8. The Balaban J connectivity index is 0.634. The van der Waals surface area contributed by atoms with Crippen molar-refractivity contribution in [3.05, 3.63) is 102 Å². The lowest BCUT2D eigenvalue weighted by atomic mass is 9.91. The third kappa shape index (κ3) is 12.5. The van der Waals surface area contributed by atoms with Gasteiger partial charge in [-0.05, 0) is 66.2 Å². The number of likely N-dealkylation sites (tertiary alicyclic amines) is 1. The number of aromatic hydroxyl groups is 1. The normalized spacial score (nSPS) is 18.8. The zero-order valence-corrected chi connectivity index (χ0v) is 42.7. The molecule has 0 spiro atoms. The zero-order chi connectivity index (χ0) is 51.6. The summed E-state index contributed by atoms with van der Waals surface area (Å²) in [5, 5.41) is 36.5. The number of ether oxygens (including phenoxy) is 5. The maximum Gasteiger partial charge on any atom is 0.254 e. The Hall–Kier alpha value is -6.91. The van der Waals surface area contributed by atoms with E-state index in [9.17, 15) is 19.8 Å². The van der Waals surface area contributed by atoms with Crippen molar-refractivity contribution >= 4 is 40.3 Å². The van der Waals surface area contributed by atoms with E-state index in [0.717, 1.165) is 59.0 Å². The van der Waals surface area contributed by atoms with Gasteiger partial charge in [0.2, 0.25) is 17.7 Å². The summed E-state index contributed by atoms with van der Waals surface area (Å²) in [6.07, 6.45) is 3.17. The lowest BCUT2D eigenvalue weighted by Gasteiger charge is -2.43. The molecule has 2 amide bonds. The highest BCUT2D eigenvalue weighted by Crippen LogP contribution is 2.40. The topological polar surface area (TPSA) is 246 Å². The monoisotopic (exact) mass is 1030 g/mol. The number of nitrogen functional groups attached to an aromatic ring is 1. The molecule has 0 saturated carbocycles. The Morgan fingerprint density at radius 2 is 1.54 bits per heavy atom. The van der Waals surface area contributed by atoms with Crippen molar-refractivity contribution in [2.24, 2.45) is 5.92 Å². The van der Waals surface area contributed by atoms with Gasteiger partial charge in [0.25, 0.3) is 5.88 Å². The molecule has 21 heteroatoms. The van der Waals surface area contributed by atoms with Gasteiger partial charge in [-0.1, -0.05) is 50.2 Å². The van der Waals surface area contributed by atoms with E-state index in [2.05, 4.69) is 40.4 Å². The molecule has 4 aromatic heterocycles. The second-order valence-corrected chi connectivity index (χ2v) is 19.8. The number of aromatic nitrogens is 5. The molecular formula is C53H64N10O10S. The number of fused-ring (bicyclic) bond motifs is 2. The summed E-state index contributed by atoms with van der Waals surface area (Å²) in [5.41, 5.74) is 14.2. The number of aliphatic hydroxyl groups excluding tert-OH is 1. The van der Waals surface area contributed by atoms with Crippen molar-refractivity contribution in [3.63, 3.8) is 0 Å². The highest BCUT2D eigenvalue weighted by molar-refractivity contribution is 7.13. The fraction of sp³-hybridized carbons (Fsp3) is 0.453. The Labute approximate surface area is 433 Å². The third-order valence-electron chi connectivity index (χ3n) is 13.6. The molecule has 3 aliphatic rings. The second kappa shape index (κ2) is 24.4. The van der Waals surface area contributed by atoms with Crippen LogP contribution in [0, 0.1) is 12.8 Å². The number of carbonyl (C=O) groups is 2. The molecule has 5 N–H and O–H groups in total. The van der Waals surface area contributed by atoms with Crippen LogP contribution in [0.25, 0.3) is 21.7 Å². The van der Waals surface area contributed by atoms with Crippen molar-refractivity contribution in [1.29, 1.82) is 0 Å². The highest BCUT2D eigenvalue weighted by Gasteiger charge is 2.44. The van der Waals surface area contributed by atoms with E-state index in [4.69, 9.17) is 33.9 Å². The van der Waals surface area contributed by atoms with Crippen LogP contribution in [0.2, 0.25) is 0 Å². The van der Waals surface area contributed by atoms with E-state index in [1.807, 2.05) is 80.9 Å². The number of thiazole rings is 1. The first-order chi connectivity index (χ1) is 36.0. The number of carbonyl (C=O) groups excluding carboxylic acids is 2. The van der Waals surface area contributed by atoms with Crippen molar-refractivity contribution in [2.45, 2.75) is 76.7 Å². The maximum absolute atomic E-state index is 14.0. The van der Waals surface area contributed by atoms with Gasteiger partial charge in [-0.25, -0.2) is 9.97 Å². The lowest BCUT2D eigenvalue weighted by Crippen LogP contribution is -2.54. The quantitative estimate of drug-likeness (QED) is 0.0537. The first-order valence-electron chi connectivity index (χ1n) is 25.1. The molecule has 6 aromatic rings. The maximum atomic E-state index is 14.0. The average Bonchev–Trinajstić information content (AvgIpc) is 4.21. The van der Waals surface area contributed by atoms with Crippen LogP contribution in [0.1, 0.15) is 56.0 Å². The Morgan fingerprint density at radius 3 is 2.22 bits per heavy atom. The molecule has 7 heterocycles. The molecular weight excluding hydrogens is 969 g/mol. The van der Waals surface area contributed by atoms with Crippen LogP contribution in [-0.2, 0) is 30.3 Å². The van der Waals surface area contributed by atoms with Crippen LogP contribution in [-0.4, -0.2) is 149 Å². The number of rotatable bonds is 24. The average molecular weight is 1030 g/mol. The highest BCUT2D eigenvalue weighted by atomic mass is 32.1. The standard InChI is InChI=1S/C53H64N10O10S/c1-33(2)49(53(67)62-31-40(64)25-44(62)52(66)56-28-35-8-10-36(11-9-35)50-34(3)57-32-74-50)46-27-48(60-73-46)72-23-21-70-19-17-68-16-18-69-20-22-71-47-24-37(14-15-55-47)63-38-12-13-39(63)30-61(29-38)43-26-42(58-59-51(43)54)41-6-4-5-7-45(41)65/h4-11,14-15,24,26-27,32-33,38-40,44,49,64-65H,12-13,16-23,25,28-31H2,1-3H3,(H2,54,59)(H,56,66)/t38?,39?,40-,44+,49-/m1/s1. The number of anilines is 3. The molecule has 3 aliphatic heterocycles. The van der Waals surface area contributed by atoms with Crippen molar-refractivity contribution < 1.29 is 48.0 Å². The number of hydrogen-bond acceptors (Lipinski definition) is 19. The lowest BCUT2D eigenvalue weighted by molar-refractivity contribution is -0.141. The van der Waals surface area contributed by atoms with Gasteiger partial charge in [-0.3, -0.25) is 9.59 Å². The van der Waals surface area contributed by atoms with E-state index < -0.39 is 18.1 Å². The Bertz CT molecular complexity index is 2800. The van der Waals surface area contributed by atoms with E-state index in [0.29, 0.717) is 68.4 Å². The molecule has 20 nitrogen and oxygen atoms in total. The van der Waals surface area contributed by atoms with Gasteiger partial charge in [0.1, 0.15) is 30.9 Å². The number of para-hydroxylation sites is 1. The number of phenolic OH excluding ortho intramolecular Hbond substituents is 1. The fourth-order valence-corrected chi connectivity index (χ4v) is 10.8. The van der Waals surface area contributed by atoms with Gasteiger partial charge in [0, 0.05) is 74.3 Å². The summed E-state index contributed by atoms with van der Waals surface area (Å²) in [7, 11) is 0. The number of β-amino-alcohol motifs (C(OH)–C–C–N with tert-alkyl or cyclic N) is 1. The number of piperazine rings is 1. The number of hydrogen-bond donors (Lipinski definition) is 4. The summed E-state index contributed by atoms with van der Waals surface area (Å²) in [6.45, 7) is 10.3. The largest absolute Gasteiger partial charge is 0.507 e. The van der Waals surface area contributed by atoms with Gasteiger partial charge >= 0.3 is 0 Å². The van der Waals surface area contributed by atoms with Gasteiger partial charge in [-0.15, -0.1) is 21.5 Å². The van der Waals surface area contributed by atoms with Crippen molar-refractivity contribution in [1.82, 2.24) is 35.5 Å². The van der Waals surface area contributed by atoms with Crippen LogP contribution >= 0.6 is 11.3 Å². The predicted molar refractivity (Wildman–Crippen MR) is 277 cm³/mol. The molecule has 3 saturated heterocycles. The molecule has 0 aliphatic carbocycles. The van der Waals surface area contributed by atoms with Crippen LogP contribution in [0.5, 0.6) is 17.5 Å². The third-order valence-corrected chi connectivity index (χ3v) is 14.5. The molecule has 2 unspecified atom stereocenters. The van der Waals surface area contributed by atoms with Gasteiger partial charge in [0.15, 0.2) is 11.6 Å². The van der Waals surface area contributed by atoms with Crippen molar-refractivity contribution in [2.75, 3.05) is 88.0 Å². The molecule has 2 aromatic carbocycles. The summed E-state index contributed by atoms with van der Waals surface area (Å²) < 4.78 is 34.4. The van der Waals surface area contributed by atoms with Gasteiger partial charge in [-0.2, -0.15) is 0 Å². The second-order valence-electron chi connectivity index (χ2n) is 19.0. The number of aliphatic hydroxyl groups is 1. The van der Waals surface area contributed by atoms with E-state index in [1.54, 1.807) is 35.7 Å². The summed E-state index contributed by atoms with van der Waals surface area (Å²) >= 11 is 1.58. The first-order valence-corrected chi connectivity index (χ1v) is 26.0. The minimum atomic E-state index is -0.832. The number of amides is 2. The summed E-state index contributed by atoms with van der Waals surface area (Å²) in [5.74, 6) is -0.0268. The number of nitrogens with two attached hydrogens (primary N) is 1. The van der Waals surface area contributed by atoms with Crippen LogP contribution < -0.4 is 30.3 Å². The van der Waals surface area contributed by atoms with Crippen LogP contribution in [0.3, 0.4) is 0 Å². The van der Waals surface area contributed by atoms with Crippen LogP contribution in [0.4, 0.5) is 17.2 Å². The molecule has 9 rings (SSSR count). The number of aryl methyl sites for hydroxylation is 1. The number of pyridine rings is 1. The van der Waals surface area contributed by atoms with E-state index >= 15 is 0 Å². The van der Waals surface area contributed by atoms with Crippen molar-refractivity contribution in [3.8, 4) is 39.2 Å². The summed E-state index contributed by atoms with van der Waals surface area (Å²) in [4.78, 5) is 43.5. The Morgan fingerprint density at radius 1 is 0.851 bits per heavy atom. The van der Waals surface area contributed by atoms with E-state index in [1.165, 1.54) is 4.90 Å². The Kier molecular flexibility index (Phi) is 17.1. The predicted octanol–water partition coefficient (Wildman–Crippen LogP) is 5.63. The smallest absolute Gasteiger partial charge is 0.254 e. The number of benzene rings is 2. The van der Waals surface area contributed by atoms with Crippen LogP contribution in [0.15, 0.2) is 89.0 Å². The molecule has 392 valence electrons. The fourth-order valence-electron chi connectivity index (χ4n) is 9.94. The SMILES string of the molecule is Cc1ncsc1-c1ccc(CNC(=O)[C@@H]2C[C@@H](O)CN2C(=O)[C@@H](c2cc(OCCOCCOCCOCCOc3cc(N4C5CCC4CN(c4cc(-c6ccccc6O)nnc4N)C5)ccn3)no2)C(C)C)cc1. The zero-order valence-electron chi connectivity index (χ0n) is 41.9. The molecule has 5 atom stereocenters. The summed E-state index contributed by atoms with van der Waals surface area (Å²) in [6, 6.07) is 22.2. The molecule has 2 bridgehead atoms. The number of phenols is 1. The number of nitrogens with one attached hydrogen (secondary N) is 1. The minimum Gasteiger partial charge on any atom is -0.507 e. The molecule has 0 radical (unpaired) electrons. The minimum absolute atomic E-state index is 0.0379. The van der Waals surface area contributed by atoms with Gasteiger partial charge < -0.3 is 64.2 Å². The van der Waals surface area contributed by atoms with Gasteiger partial charge in [0.05, 0.1) is 73.2 Å². The van der Waals surface area contributed by atoms with E-state index in [-0.39, 0.29) is 74.2 Å². The molecule has 3 fully saturated rings. The first kappa shape index (κ1) is 52.0. The molecule has 74 heavy (non-hydrogen) atoms.